The second kappa shape index (κ2) is 9.21. The Bertz CT molecular complexity index is 1030. The van der Waals surface area contributed by atoms with Gasteiger partial charge in [-0.25, -0.2) is 4.98 Å². The van der Waals surface area contributed by atoms with Crippen molar-refractivity contribution in [2.75, 3.05) is 19.6 Å². The topological polar surface area (TPSA) is 45.2 Å². The lowest BCUT2D eigenvalue weighted by molar-refractivity contribution is -0.116. The van der Waals surface area contributed by atoms with Crippen LogP contribution in [0.15, 0.2) is 66.7 Å². The number of benzene rings is 2. The summed E-state index contributed by atoms with van der Waals surface area (Å²) in [6.07, 6.45) is 5.66. The summed E-state index contributed by atoms with van der Waals surface area (Å²) in [6, 6.07) is 19.9. The number of para-hydroxylation sites is 1. The molecule has 0 bridgehead atoms. The van der Waals surface area contributed by atoms with Crippen LogP contribution in [0.25, 0.3) is 17.0 Å². The maximum Gasteiger partial charge on any atom is 0.244 e. The molecule has 1 aliphatic heterocycles. The molecule has 1 aliphatic rings. The molecule has 1 aromatic heterocycles. The quantitative estimate of drug-likeness (QED) is 0.596. The van der Waals surface area contributed by atoms with Crippen molar-refractivity contribution in [1.29, 1.82) is 0 Å². The van der Waals surface area contributed by atoms with Crippen LogP contribution >= 0.6 is 11.6 Å². The molecule has 148 valence electrons. The van der Waals surface area contributed by atoms with Crippen LogP contribution in [-0.4, -0.2) is 35.4 Å². The fourth-order valence-electron chi connectivity index (χ4n) is 3.83. The lowest BCUT2D eigenvalue weighted by Crippen LogP contribution is -2.36. The number of nitrogens with zero attached hydrogens (tertiary/aromatic N) is 2. The van der Waals surface area contributed by atoms with Crippen molar-refractivity contribution in [2.45, 2.75) is 18.9 Å². The van der Waals surface area contributed by atoms with Gasteiger partial charge in [0.15, 0.2) is 0 Å². The molecule has 3 aromatic rings. The molecule has 1 atom stereocenters. The maximum absolute atomic E-state index is 12.4. The first-order chi connectivity index (χ1) is 14.2. The SMILES string of the molecule is O=C(C=Cc1ccc2ccccc2n1)NCC(c1ccccc1Cl)N1CCCC1. The molecule has 1 amide bonds. The highest BCUT2D eigenvalue weighted by molar-refractivity contribution is 6.31. The molecule has 1 fully saturated rings. The number of rotatable bonds is 6. The van der Waals surface area contributed by atoms with E-state index in [2.05, 4.69) is 15.2 Å². The van der Waals surface area contributed by atoms with Gasteiger partial charge in [-0.3, -0.25) is 9.69 Å². The summed E-state index contributed by atoms with van der Waals surface area (Å²) >= 11 is 6.44. The van der Waals surface area contributed by atoms with Crippen molar-refractivity contribution in [1.82, 2.24) is 15.2 Å². The monoisotopic (exact) mass is 405 g/mol. The Morgan fingerprint density at radius 1 is 1.07 bits per heavy atom. The fraction of sp³-hybridized carbons (Fsp3) is 0.250. The Morgan fingerprint density at radius 2 is 1.83 bits per heavy atom. The van der Waals surface area contributed by atoms with E-state index in [-0.39, 0.29) is 11.9 Å². The van der Waals surface area contributed by atoms with Crippen molar-refractivity contribution in [3.63, 3.8) is 0 Å². The number of likely N-dealkylation sites (tertiary alicyclic amines) is 1. The first-order valence-corrected chi connectivity index (χ1v) is 10.4. The van der Waals surface area contributed by atoms with Gasteiger partial charge in [-0.15, -0.1) is 0 Å². The van der Waals surface area contributed by atoms with Crippen LogP contribution in [0.3, 0.4) is 0 Å². The minimum Gasteiger partial charge on any atom is -0.351 e. The van der Waals surface area contributed by atoms with E-state index < -0.39 is 0 Å². The van der Waals surface area contributed by atoms with E-state index in [1.54, 1.807) is 12.2 Å². The second-order valence-corrected chi connectivity index (χ2v) is 7.69. The van der Waals surface area contributed by atoms with E-state index in [1.165, 1.54) is 12.8 Å². The third-order valence-electron chi connectivity index (χ3n) is 5.34. The zero-order chi connectivity index (χ0) is 20.1. The molecule has 0 spiro atoms. The Morgan fingerprint density at radius 3 is 2.66 bits per heavy atom. The Balaban J connectivity index is 1.43. The lowest BCUT2D eigenvalue weighted by Gasteiger charge is -2.28. The third kappa shape index (κ3) is 4.84. The van der Waals surface area contributed by atoms with Crippen molar-refractivity contribution in [3.8, 4) is 0 Å². The van der Waals surface area contributed by atoms with Gasteiger partial charge in [0.2, 0.25) is 5.91 Å². The molecule has 0 aliphatic carbocycles. The van der Waals surface area contributed by atoms with Crippen LogP contribution in [-0.2, 0) is 4.79 Å². The van der Waals surface area contributed by atoms with E-state index >= 15 is 0 Å². The van der Waals surface area contributed by atoms with Gasteiger partial charge in [0.1, 0.15) is 0 Å². The second-order valence-electron chi connectivity index (χ2n) is 7.29. The standard InChI is InChI=1S/C24H24ClN3O/c25-21-9-3-2-8-20(21)23(28-15-5-6-16-28)17-26-24(29)14-13-19-12-11-18-7-1-4-10-22(18)27-19/h1-4,7-14,23H,5-6,15-17H2,(H,26,29). The van der Waals surface area contributed by atoms with Gasteiger partial charge in [0, 0.05) is 23.0 Å². The largest absolute Gasteiger partial charge is 0.351 e. The number of carbonyl (C=O) groups excluding carboxylic acids is 1. The molecule has 5 heteroatoms. The zero-order valence-electron chi connectivity index (χ0n) is 16.2. The number of fused-ring (bicyclic) bond motifs is 1. The van der Waals surface area contributed by atoms with Gasteiger partial charge in [-0.1, -0.05) is 54.1 Å². The predicted molar refractivity (Wildman–Crippen MR) is 119 cm³/mol. The van der Waals surface area contributed by atoms with Gasteiger partial charge >= 0.3 is 0 Å². The summed E-state index contributed by atoms with van der Waals surface area (Å²) < 4.78 is 0. The van der Waals surface area contributed by atoms with Crippen LogP contribution in [0.2, 0.25) is 5.02 Å². The van der Waals surface area contributed by atoms with Gasteiger partial charge < -0.3 is 5.32 Å². The normalized spacial score (nSPS) is 15.8. The van der Waals surface area contributed by atoms with Gasteiger partial charge in [0.25, 0.3) is 0 Å². The summed E-state index contributed by atoms with van der Waals surface area (Å²) in [4.78, 5) is 19.4. The van der Waals surface area contributed by atoms with Crippen LogP contribution in [0.1, 0.15) is 30.1 Å². The van der Waals surface area contributed by atoms with Crippen molar-refractivity contribution in [3.05, 3.63) is 83.0 Å². The van der Waals surface area contributed by atoms with Gasteiger partial charge in [-0.2, -0.15) is 0 Å². The Kier molecular flexibility index (Phi) is 6.23. The summed E-state index contributed by atoms with van der Waals surface area (Å²) in [5.74, 6) is -0.129. The number of nitrogens with one attached hydrogen (secondary N) is 1. The number of aromatic nitrogens is 1. The summed E-state index contributed by atoms with van der Waals surface area (Å²) in [6.45, 7) is 2.59. The minimum absolute atomic E-state index is 0.0855. The van der Waals surface area contributed by atoms with Crippen molar-refractivity contribution in [2.24, 2.45) is 0 Å². The van der Waals surface area contributed by atoms with Crippen LogP contribution in [0.5, 0.6) is 0 Å². The molecule has 2 heterocycles. The van der Waals surface area contributed by atoms with Gasteiger partial charge in [0.05, 0.1) is 17.3 Å². The number of halogens is 1. The molecule has 29 heavy (non-hydrogen) atoms. The zero-order valence-corrected chi connectivity index (χ0v) is 17.0. The average molecular weight is 406 g/mol. The molecule has 1 saturated heterocycles. The number of hydrogen-bond acceptors (Lipinski definition) is 3. The Labute approximate surface area is 176 Å². The summed E-state index contributed by atoms with van der Waals surface area (Å²) in [5, 5.41) is 4.87. The van der Waals surface area contributed by atoms with E-state index in [4.69, 9.17) is 11.6 Å². The Hall–Kier alpha value is -2.69. The molecule has 0 saturated carbocycles. The van der Waals surface area contributed by atoms with E-state index in [0.717, 1.165) is 40.3 Å². The lowest BCUT2D eigenvalue weighted by atomic mass is 10.1. The van der Waals surface area contributed by atoms with Gasteiger partial charge in [-0.05, 0) is 55.8 Å². The molecule has 1 unspecified atom stereocenters. The molecule has 4 rings (SSSR count). The van der Waals surface area contributed by atoms with Crippen LogP contribution < -0.4 is 5.32 Å². The number of amides is 1. The number of carbonyl (C=O) groups is 1. The summed E-state index contributed by atoms with van der Waals surface area (Å²) in [5.41, 5.74) is 2.75. The van der Waals surface area contributed by atoms with Crippen molar-refractivity contribution >= 4 is 34.5 Å². The molecular formula is C24H24ClN3O. The molecule has 0 radical (unpaired) electrons. The maximum atomic E-state index is 12.4. The highest BCUT2D eigenvalue weighted by atomic mass is 35.5. The molecule has 1 N–H and O–H groups in total. The fourth-order valence-corrected chi connectivity index (χ4v) is 4.09. The summed E-state index contributed by atoms with van der Waals surface area (Å²) in [7, 11) is 0. The first-order valence-electron chi connectivity index (χ1n) is 10.0. The van der Waals surface area contributed by atoms with E-state index in [0.29, 0.717) is 6.54 Å². The number of pyridine rings is 1. The highest BCUT2D eigenvalue weighted by Gasteiger charge is 2.25. The minimum atomic E-state index is -0.129. The van der Waals surface area contributed by atoms with Crippen LogP contribution in [0, 0.1) is 0 Å². The number of hydrogen-bond donors (Lipinski definition) is 1. The molecular weight excluding hydrogens is 382 g/mol. The predicted octanol–water partition coefficient (Wildman–Crippen LogP) is 4.85. The highest BCUT2D eigenvalue weighted by Crippen LogP contribution is 2.29. The van der Waals surface area contributed by atoms with E-state index in [9.17, 15) is 4.79 Å². The third-order valence-corrected chi connectivity index (χ3v) is 5.68. The molecule has 2 aromatic carbocycles. The van der Waals surface area contributed by atoms with Crippen molar-refractivity contribution < 1.29 is 4.79 Å². The molecule has 4 nitrogen and oxygen atoms in total. The first kappa shape index (κ1) is 19.6. The van der Waals surface area contributed by atoms with Crippen LogP contribution in [0.4, 0.5) is 0 Å². The average Bonchev–Trinajstić information content (AvgIpc) is 3.28. The smallest absolute Gasteiger partial charge is 0.244 e. The van der Waals surface area contributed by atoms with E-state index in [1.807, 2.05) is 60.7 Å².